The molecule has 1 aromatic carbocycles. The van der Waals surface area contributed by atoms with Gasteiger partial charge in [-0.25, -0.2) is 9.36 Å². The van der Waals surface area contributed by atoms with Gasteiger partial charge >= 0.3 is 13.5 Å². The fourth-order valence-electron chi connectivity index (χ4n) is 3.11. The van der Waals surface area contributed by atoms with Gasteiger partial charge in [0.15, 0.2) is 6.23 Å². The Balaban J connectivity index is 1.85. The van der Waals surface area contributed by atoms with Crippen molar-refractivity contribution in [2.75, 3.05) is 6.61 Å². The molecule has 0 spiro atoms. The molecule has 3 rings (SSSR count). The Morgan fingerprint density at radius 2 is 1.77 bits per heavy atom. The molecule has 30 heavy (non-hydrogen) atoms. The molecule has 1 unspecified atom stereocenters. The summed E-state index contributed by atoms with van der Waals surface area (Å²) in [4.78, 5) is 42.5. The van der Waals surface area contributed by atoms with Gasteiger partial charge in [-0.15, -0.1) is 0 Å². The van der Waals surface area contributed by atoms with Crippen molar-refractivity contribution in [3.8, 4) is 0 Å². The molecule has 12 nitrogen and oxygen atoms in total. The van der Waals surface area contributed by atoms with Crippen LogP contribution in [0.25, 0.3) is 0 Å². The molecule has 5 N–H and O–H groups in total. The van der Waals surface area contributed by atoms with Gasteiger partial charge in [-0.05, 0) is 5.56 Å². The van der Waals surface area contributed by atoms with Crippen molar-refractivity contribution in [1.82, 2.24) is 9.13 Å². The zero-order chi connectivity index (χ0) is 22.1. The third-order valence-corrected chi connectivity index (χ3v) is 5.14. The number of rotatable bonds is 7. The summed E-state index contributed by atoms with van der Waals surface area (Å²) < 4.78 is 22.1. The molecule has 2 aromatic rings. The van der Waals surface area contributed by atoms with Crippen LogP contribution in [0, 0.1) is 0 Å². The van der Waals surface area contributed by atoms with Crippen LogP contribution in [-0.4, -0.2) is 59.2 Å². The van der Waals surface area contributed by atoms with E-state index in [9.17, 15) is 29.5 Å². The maximum Gasteiger partial charge on any atom is 0.469 e. The summed E-state index contributed by atoms with van der Waals surface area (Å²) in [6, 6.07) is 9.41. The second-order valence-corrected chi connectivity index (χ2v) is 7.95. The number of phosphoric ester groups is 1. The van der Waals surface area contributed by atoms with Crippen LogP contribution in [0.5, 0.6) is 0 Å². The quantitative estimate of drug-likeness (QED) is 0.314. The zero-order valence-electron chi connectivity index (χ0n) is 15.5. The molecule has 0 bridgehead atoms. The van der Waals surface area contributed by atoms with E-state index in [4.69, 9.17) is 14.5 Å². The highest BCUT2D eigenvalue weighted by Gasteiger charge is 2.45. The first-order chi connectivity index (χ1) is 14.1. The van der Waals surface area contributed by atoms with E-state index in [1.807, 2.05) is 0 Å². The molecule has 1 fully saturated rings. The van der Waals surface area contributed by atoms with Gasteiger partial charge in [0.05, 0.1) is 19.3 Å². The standard InChI is InChI=1S/C17H21N2O10P/c20-11(10-4-2-1-3-5-10)8-19-13(21)6-7-18(17(19)24)16-15(23)14(22)12(29-16)9-28-30(25,26)27/h1-7,11-12,14-16,20,22-23H,8-9H2,(H2,25,26,27)/t11?,12-,14-,15-,16-/m1/s1. The van der Waals surface area contributed by atoms with Crippen molar-refractivity contribution in [2.45, 2.75) is 37.2 Å². The molecule has 1 aromatic heterocycles. The van der Waals surface area contributed by atoms with Crippen LogP contribution in [-0.2, 0) is 20.4 Å². The number of aromatic nitrogens is 2. The van der Waals surface area contributed by atoms with Gasteiger partial charge in [0.25, 0.3) is 5.56 Å². The number of ether oxygens (including phenoxy) is 1. The molecule has 1 saturated heterocycles. The molecular weight excluding hydrogens is 423 g/mol. The maximum absolute atomic E-state index is 12.8. The topological polar surface area (TPSA) is 181 Å². The lowest BCUT2D eigenvalue weighted by Crippen LogP contribution is -2.43. The van der Waals surface area contributed by atoms with Crippen LogP contribution in [0.4, 0.5) is 0 Å². The first-order valence-corrected chi connectivity index (χ1v) is 10.4. The van der Waals surface area contributed by atoms with Crippen molar-refractivity contribution in [3.63, 3.8) is 0 Å². The molecule has 0 amide bonds. The van der Waals surface area contributed by atoms with Crippen molar-refractivity contribution in [3.05, 3.63) is 69.0 Å². The van der Waals surface area contributed by atoms with Crippen LogP contribution in [0.2, 0.25) is 0 Å². The first kappa shape index (κ1) is 22.5. The highest BCUT2D eigenvalue weighted by Crippen LogP contribution is 2.38. The third kappa shape index (κ3) is 4.94. The average molecular weight is 444 g/mol. The Morgan fingerprint density at radius 1 is 1.10 bits per heavy atom. The van der Waals surface area contributed by atoms with Crippen molar-refractivity contribution in [1.29, 1.82) is 0 Å². The molecule has 0 aliphatic carbocycles. The summed E-state index contributed by atoms with van der Waals surface area (Å²) in [5, 5.41) is 30.6. The summed E-state index contributed by atoms with van der Waals surface area (Å²) in [5.74, 6) is 0. The van der Waals surface area contributed by atoms with E-state index in [0.717, 1.165) is 21.4 Å². The van der Waals surface area contributed by atoms with Crippen molar-refractivity contribution < 1.29 is 38.9 Å². The lowest BCUT2D eigenvalue weighted by molar-refractivity contribution is -0.0550. The molecule has 13 heteroatoms. The third-order valence-electron chi connectivity index (χ3n) is 4.65. The molecule has 1 aliphatic heterocycles. The van der Waals surface area contributed by atoms with Gasteiger partial charge < -0.3 is 29.8 Å². The van der Waals surface area contributed by atoms with E-state index >= 15 is 0 Å². The minimum atomic E-state index is -4.84. The molecule has 0 saturated carbocycles. The highest BCUT2D eigenvalue weighted by molar-refractivity contribution is 7.46. The van der Waals surface area contributed by atoms with E-state index in [2.05, 4.69) is 4.52 Å². The van der Waals surface area contributed by atoms with Gasteiger partial charge in [0.1, 0.15) is 18.3 Å². The van der Waals surface area contributed by atoms with Gasteiger partial charge in [-0.1, -0.05) is 30.3 Å². The summed E-state index contributed by atoms with van der Waals surface area (Å²) in [7, 11) is -4.84. The van der Waals surface area contributed by atoms with E-state index in [0.29, 0.717) is 5.56 Å². The summed E-state index contributed by atoms with van der Waals surface area (Å²) in [6.45, 7) is -1.10. The fraction of sp³-hybridized carbons (Fsp3) is 0.412. The molecule has 1 aliphatic rings. The first-order valence-electron chi connectivity index (χ1n) is 8.85. The zero-order valence-corrected chi connectivity index (χ0v) is 16.4. The predicted octanol–water partition coefficient (Wildman–Crippen LogP) is -1.53. The number of hydrogen-bond acceptors (Lipinski definition) is 8. The summed E-state index contributed by atoms with van der Waals surface area (Å²) >= 11 is 0. The Bertz CT molecular complexity index is 1030. The number of benzene rings is 1. The minimum Gasteiger partial charge on any atom is -0.387 e. The van der Waals surface area contributed by atoms with Crippen LogP contribution in [0.1, 0.15) is 17.9 Å². The highest BCUT2D eigenvalue weighted by atomic mass is 31.2. The largest absolute Gasteiger partial charge is 0.469 e. The van der Waals surface area contributed by atoms with Gasteiger partial charge in [-0.3, -0.25) is 18.5 Å². The van der Waals surface area contributed by atoms with Crippen LogP contribution in [0.3, 0.4) is 0 Å². The van der Waals surface area contributed by atoms with Gasteiger partial charge in [0.2, 0.25) is 0 Å². The van der Waals surface area contributed by atoms with Crippen LogP contribution >= 0.6 is 7.82 Å². The maximum atomic E-state index is 12.8. The van der Waals surface area contributed by atoms with Crippen molar-refractivity contribution in [2.24, 2.45) is 0 Å². The Kier molecular flexibility index (Phi) is 6.70. The number of aliphatic hydroxyl groups excluding tert-OH is 3. The SMILES string of the molecule is O=c1ccn([C@@H]2O[C@H](COP(=O)(O)O)[C@@H](O)[C@H]2O)c(=O)n1CC(O)c1ccccc1. The number of hydrogen-bond donors (Lipinski definition) is 5. The van der Waals surface area contributed by atoms with Crippen molar-refractivity contribution >= 4 is 7.82 Å². The smallest absolute Gasteiger partial charge is 0.387 e. The minimum absolute atomic E-state index is 0.362. The van der Waals surface area contributed by atoms with Crippen LogP contribution < -0.4 is 11.2 Å². The number of aliphatic hydroxyl groups is 3. The summed E-state index contributed by atoms with van der Waals surface area (Å²) in [6.07, 6.45) is -6.12. The Labute approximate surface area is 169 Å². The Morgan fingerprint density at radius 3 is 2.40 bits per heavy atom. The molecule has 2 heterocycles. The molecule has 5 atom stereocenters. The number of nitrogens with zero attached hydrogens (tertiary/aromatic N) is 2. The van der Waals surface area contributed by atoms with E-state index in [-0.39, 0.29) is 6.54 Å². The van der Waals surface area contributed by atoms with Gasteiger partial charge in [-0.2, -0.15) is 0 Å². The van der Waals surface area contributed by atoms with Gasteiger partial charge in [0, 0.05) is 12.3 Å². The van der Waals surface area contributed by atoms with E-state index < -0.39 is 56.3 Å². The predicted molar refractivity (Wildman–Crippen MR) is 100 cm³/mol. The Hall–Kier alpha value is -2.15. The van der Waals surface area contributed by atoms with E-state index in [1.54, 1.807) is 30.3 Å². The average Bonchev–Trinajstić information content (AvgIpc) is 2.98. The van der Waals surface area contributed by atoms with E-state index in [1.165, 1.54) is 0 Å². The normalized spacial score (nSPS) is 25.4. The molecule has 164 valence electrons. The second-order valence-electron chi connectivity index (χ2n) is 6.71. The molecular formula is C17H21N2O10P. The second kappa shape index (κ2) is 8.92. The lowest BCUT2D eigenvalue weighted by Gasteiger charge is -2.19. The summed E-state index contributed by atoms with van der Waals surface area (Å²) in [5.41, 5.74) is -1.12. The lowest BCUT2D eigenvalue weighted by atomic mass is 10.1. The number of phosphoric acid groups is 1. The molecule has 0 radical (unpaired) electrons. The monoisotopic (exact) mass is 444 g/mol. The fourth-order valence-corrected chi connectivity index (χ4v) is 3.46. The van der Waals surface area contributed by atoms with Crippen LogP contribution in [0.15, 0.2) is 52.2 Å².